The topological polar surface area (TPSA) is 119 Å². The van der Waals surface area contributed by atoms with E-state index < -0.39 is 23.7 Å². The molecule has 0 aromatic heterocycles. The lowest BCUT2D eigenvalue weighted by Crippen LogP contribution is -2.47. The summed E-state index contributed by atoms with van der Waals surface area (Å²) in [5.74, 6) is -2.38. The van der Waals surface area contributed by atoms with Crippen LogP contribution in [0.2, 0.25) is 0 Å². The van der Waals surface area contributed by atoms with Crippen LogP contribution in [0.3, 0.4) is 0 Å². The summed E-state index contributed by atoms with van der Waals surface area (Å²) in [6.07, 6.45) is -3.29. The van der Waals surface area contributed by atoms with Crippen LogP contribution in [-0.2, 0) is 15.8 Å². The Bertz CT molecular complexity index is 782. The van der Waals surface area contributed by atoms with Gasteiger partial charge in [-0.15, -0.1) is 0 Å². The zero-order valence-corrected chi connectivity index (χ0v) is 18.9. The highest BCUT2D eigenvalue weighted by Crippen LogP contribution is 2.31. The van der Waals surface area contributed by atoms with Gasteiger partial charge < -0.3 is 30.1 Å². The Morgan fingerprint density at radius 2 is 1.67 bits per heavy atom. The van der Waals surface area contributed by atoms with Crippen molar-refractivity contribution in [1.82, 2.24) is 15.1 Å². The molecule has 0 fully saturated rings. The number of ether oxygens (including phenoxy) is 1. The molecule has 1 aromatic rings. The van der Waals surface area contributed by atoms with Gasteiger partial charge in [0.1, 0.15) is 12.4 Å². The third kappa shape index (κ3) is 14.4. The predicted octanol–water partition coefficient (Wildman–Crippen LogP) is 2.78. The van der Waals surface area contributed by atoms with E-state index in [9.17, 15) is 27.6 Å². The van der Waals surface area contributed by atoms with Crippen LogP contribution >= 0.6 is 0 Å². The van der Waals surface area contributed by atoms with Gasteiger partial charge in [0.25, 0.3) is 0 Å². The monoisotopic (exact) mass is 477 g/mol. The number of urea groups is 1. The number of aliphatic carboxylic acids is 2. The van der Waals surface area contributed by atoms with Gasteiger partial charge in [-0.1, -0.05) is 6.07 Å². The van der Waals surface area contributed by atoms with Crippen molar-refractivity contribution in [2.75, 3.05) is 40.3 Å². The lowest BCUT2D eigenvalue weighted by atomic mass is 10.2. The van der Waals surface area contributed by atoms with E-state index in [0.717, 1.165) is 18.7 Å². The maximum Gasteiger partial charge on any atom is 0.416 e. The minimum atomic E-state index is -4.41. The van der Waals surface area contributed by atoms with Crippen LogP contribution in [0.5, 0.6) is 5.75 Å². The molecule has 0 heterocycles. The summed E-state index contributed by atoms with van der Waals surface area (Å²) in [4.78, 5) is 34.8. The smallest absolute Gasteiger partial charge is 0.416 e. The first-order valence-corrected chi connectivity index (χ1v) is 9.87. The van der Waals surface area contributed by atoms with Gasteiger partial charge in [0.15, 0.2) is 0 Å². The number of halogens is 3. The molecule has 0 bridgehead atoms. The van der Waals surface area contributed by atoms with Crippen molar-refractivity contribution in [3.8, 4) is 5.75 Å². The van der Waals surface area contributed by atoms with Crippen LogP contribution in [0.15, 0.2) is 36.4 Å². The Hall–Kier alpha value is -3.28. The van der Waals surface area contributed by atoms with Crippen molar-refractivity contribution in [2.45, 2.75) is 26.1 Å². The summed E-state index contributed by atoms with van der Waals surface area (Å²) in [5.41, 5.74) is -0.757. The van der Waals surface area contributed by atoms with Gasteiger partial charge in [-0.25, -0.2) is 14.4 Å². The second kappa shape index (κ2) is 14.7. The summed E-state index contributed by atoms with van der Waals surface area (Å²) < 4.78 is 43.4. The van der Waals surface area contributed by atoms with E-state index >= 15 is 0 Å². The van der Waals surface area contributed by atoms with E-state index in [1.807, 2.05) is 32.8 Å². The van der Waals surface area contributed by atoms with Crippen molar-refractivity contribution in [2.24, 2.45) is 0 Å². The Labute approximate surface area is 190 Å². The molecular formula is C21H30F3N3O6. The second-order valence-electron chi connectivity index (χ2n) is 7.21. The number of hydrogen-bond acceptors (Lipinski definition) is 5. The molecule has 0 aliphatic carbocycles. The lowest BCUT2D eigenvalue weighted by molar-refractivity contribution is -0.137. The Morgan fingerprint density at radius 3 is 2.12 bits per heavy atom. The molecule has 0 saturated carbocycles. The molecule has 0 aliphatic heterocycles. The molecule has 1 rings (SSSR count). The van der Waals surface area contributed by atoms with Crippen molar-refractivity contribution in [3.63, 3.8) is 0 Å². The van der Waals surface area contributed by atoms with Crippen molar-refractivity contribution in [1.29, 1.82) is 0 Å². The molecule has 3 N–H and O–H groups in total. The number of nitrogens with one attached hydrogen (secondary N) is 1. The average molecular weight is 477 g/mol. The summed E-state index contributed by atoms with van der Waals surface area (Å²) in [5, 5.41) is 18.4. The number of carbonyl (C=O) groups is 3. The maximum atomic E-state index is 12.7. The van der Waals surface area contributed by atoms with Crippen LogP contribution in [0.25, 0.3) is 0 Å². The molecule has 0 aliphatic rings. The number of hydrogen-bond donors (Lipinski definition) is 3. The Balaban J connectivity index is 0.00000109. The number of carbonyl (C=O) groups excluding carboxylic acids is 1. The zero-order valence-electron chi connectivity index (χ0n) is 18.9. The van der Waals surface area contributed by atoms with E-state index in [1.165, 1.54) is 12.1 Å². The molecule has 33 heavy (non-hydrogen) atoms. The van der Waals surface area contributed by atoms with Crippen LogP contribution in [0.1, 0.15) is 19.4 Å². The van der Waals surface area contributed by atoms with Crippen LogP contribution in [0, 0.1) is 0 Å². The van der Waals surface area contributed by atoms with Gasteiger partial charge in [-0.05, 0) is 46.1 Å². The summed E-state index contributed by atoms with van der Waals surface area (Å²) >= 11 is 0. The second-order valence-corrected chi connectivity index (χ2v) is 7.21. The maximum absolute atomic E-state index is 12.7. The number of likely N-dealkylation sites (N-methyl/N-ethyl adjacent to an activating group) is 1. The third-order valence-electron chi connectivity index (χ3n) is 3.85. The van der Waals surface area contributed by atoms with Crippen LogP contribution in [-0.4, -0.2) is 84.4 Å². The SMILES string of the molecule is CC(C)N(CCOc1cccc(C(F)(F)F)c1)C(=O)NCCN(C)C.O=C(O)C=CC(=O)O. The zero-order chi connectivity index (χ0) is 25.6. The van der Waals surface area contributed by atoms with Gasteiger partial charge >= 0.3 is 24.1 Å². The number of amides is 2. The van der Waals surface area contributed by atoms with Gasteiger partial charge in [0.05, 0.1) is 12.1 Å². The molecule has 12 heteroatoms. The fourth-order valence-electron chi connectivity index (χ4n) is 2.25. The minimum absolute atomic E-state index is 0.0514. The summed E-state index contributed by atoms with van der Waals surface area (Å²) in [6.45, 7) is 5.37. The first-order valence-electron chi connectivity index (χ1n) is 9.87. The number of carboxylic acid groups (broad SMARTS) is 2. The number of alkyl halides is 3. The molecular weight excluding hydrogens is 447 g/mol. The first-order chi connectivity index (χ1) is 15.2. The number of carboxylic acids is 2. The molecule has 0 unspecified atom stereocenters. The van der Waals surface area contributed by atoms with Gasteiger partial charge in [0.2, 0.25) is 0 Å². The standard InChI is InChI=1S/C17H26F3N3O2.C4H4O4/c1-13(2)23(16(24)21-8-9-22(3)4)10-11-25-15-7-5-6-14(12-15)17(18,19)20;5-3(6)1-2-4(7)8/h5-7,12-13H,8-11H2,1-4H3,(H,21,24);1-2H,(H,5,6)(H,7,8). The lowest BCUT2D eigenvalue weighted by Gasteiger charge is -2.27. The highest BCUT2D eigenvalue weighted by Gasteiger charge is 2.30. The van der Waals surface area contributed by atoms with Crippen LogP contribution in [0.4, 0.5) is 18.0 Å². The number of benzene rings is 1. The van der Waals surface area contributed by atoms with Gasteiger partial charge in [-0.3, -0.25) is 0 Å². The van der Waals surface area contributed by atoms with Crippen molar-refractivity contribution < 1.29 is 42.5 Å². The quantitative estimate of drug-likeness (QED) is 0.444. The van der Waals surface area contributed by atoms with Crippen molar-refractivity contribution >= 4 is 18.0 Å². The molecule has 0 atom stereocenters. The Morgan fingerprint density at radius 1 is 1.09 bits per heavy atom. The predicted molar refractivity (Wildman–Crippen MR) is 115 cm³/mol. The molecule has 1 aromatic carbocycles. The fourth-order valence-corrected chi connectivity index (χ4v) is 2.25. The van der Waals surface area contributed by atoms with E-state index in [2.05, 4.69) is 5.32 Å². The number of nitrogens with zero attached hydrogens (tertiary/aromatic N) is 2. The Kier molecular flexibility index (Phi) is 13.3. The van der Waals surface area contributed by atoms with Gasteiger partial charge in [0, 0.05) is 31.3 Å². The van der Waals surface area contributed by atoms with E-state index in [-0.39, 0.29) is 31.0 Å². The largest absolute Gasteiger partial charge is 0.492 e. The van der Waals surface area contributed by atoms with Gasteiger partial charge in [-0.2, -0.15) is 13.2 Å². The third-order valence-corrected chi connectivity index (χ3v) is 3.85. The molecule has 0 radical (unpaired) electrons. The normalized spacial score (nSPS) is 11.2. The highest BCUT2D eigenvalue weighted by molar-refractivity contribution is 5.89. The minimum Gasteiger partial charge on any atom is -0.492 e. The van der Waals surface area contributed by atoms with Crippen LogP contribution < -0.4 is 10.1 Å². The van der Waals surface area contributed by atoms with E-state index in [4.69, 9.17) is 14.9 Å². The molecule has 186 valence electrons. The first kappa shape index (κ1) is 29.7. The number of rotatable bonds is 10. The van der Waals surface area contributed by atoms with Crippen molar-refractivity contribution in [3.05, 3.63) is 42.0 Å². The summed E-state index contributed by atoms with van der Waals surface area (Å²) in [6, 6.07) is 4.44. The molecule has 0 saturated heterocycles. The highest BCUT2D eigenvalue weighted by atomic mass is 19.4. The van der Waals surface area contributed by atoms with E-state index in [0.29, 0.717) is 18.7 Å². The average Bonchev–Trinajstić information content (AvgIpc) is 2.69. The van der Waals surface area contributed by atoms with E-state index in [1.54, 1.807) is 4.90 Å². The fraction of sp³-hybridized carbons (Fsp3) is 0.476. The molecule has 0 spiro atoms. The molecule has 2 amide bonds. The summed E-state index contributed by atoms with van der Waals surface area (Å²) in [7, 11) is 3.82. The molecule has 9 nitrogen and oxygen atoms in total.